The molecule has 118 valence electrons. The first-order chi connectivity index (χ1) is 9.99. The van der Waals surface area contributed by atoms with Gasteiger partial charge in [-0.2, -0.15) is 0 Å². The van der Waals surface area contributed by atoms with Gasteiger partial charge in [0.2, 0.25) is 0 Å². The van der Waals surface area contributed by atoms with Crippen LogP contribution in [0.2, 0.25) is 0 Å². The summed E-state index contributed by atoms with van der Waals surface area (Å²) in [7, 11) is 1.60. The molecule has 0 aliphatic carbocycles. The summed E-state index contributed by atoms with van der Waals surface area (Å²) in [5.41, 5.74) is 0.977. The Kier molecular flexibility index (Phi) is 7.02. The van der Waals surface area contributed by atoms with Crippen LogP contribution in [0.4, 0.5) is 0 Å². The number of hydrogen-bond donors (Lipinski definition) is 2. The number of rotatable bonds is 8. The van der Waals surface area contributed by atoms with E-state index in [0.717, 1.165) is 5.56 Å². The van der Waals surface area contributed by atoms with Gasteiger partial charge in [0.15, 0.2) is 17.6 Å². The van der Waals surface area contributed by atoms with E-state index in [1.54, 1.807) is 14.0 Å². The molecule has 1 aromatic carbocycles. The minimum Gasteiger partial charge on any atom is -0.490 e. The number of carbonyl (C=O) groups is 1. The fourth-order valence-corrected chi connectivity index (χ4v) is 1.85. The number of benzene rings is 1. The summed E-state index contributed by atoms with van der Waals surface area (Å²) in [5, 5.41) is 5.94. The molecule has 2 N–H and O–H groups in total. The highest BCUT2D eigenvalue weighted by Crippen LogP contribution is 2.32. The van der Waals surface area contributed by atoms with Crippen LogP contribution in [-0.2, 0) is 11.3 Å². The average Bonchev–Trinajstić information content (AvgIpc) is 2.46. The van der Waals surface area contributed by atoms with Crippen molar-refractivity contribution >= 4 is 5.91 Å². The first-order valence-corrected chi connectivity index (χ1v) is 7.35. The standard InChI is InChI=1S/C16H26N2O3/c1-6-20-14-9-7-8-13(10-18-11(2)3)15(14)21-12(4)16(19)17-5/h7-9,11-12,18H,6,10H2,1-5H3,(H,17,19). The van der Waals surface area contributed by atoms with E-state index < -0.39 is 6.10 Å². The van der Waals surface area contributed by atoms with Crippen LogP contribution in [0, 0.1) is 0 Å². The molecule has 1 unspecified atom stereocenters. The highest BCUT2D eigenvalue weighted by molar-refractivity contribution is 5.80. The summed E-state index contributed by atoms with van der Waals surface area (Å²) in [6.07, 6.45) is -0.575. The molecule has 1 atom stereocenters. The largest absolute Gasteiger partial charge is 0.490 e. The summed E-state index contributed by atoms with van der Waals surface area (Å²) in [6.45, 7) is 9.02. The Morgan fingerprint density at radius 1 is 1.29 bits per heavy atom. The molecule has 0 aliphatic heterocycles. The number of hydrogen-bond acceptors (Lipinski definition) is 4. The average molecular weight is 294 g/mol. The van der Waals surface area contributed by atoms with E-state index in [1.165, 1.54) is 0 Å². The molecule has 1 rings (SSSR count). The van der Waals surface area contributed by atoms with Crippen LogP contribution in [0.1, 0.15) is 33.3 Å². The van der Waals surface area contributed by atoms with Gasteiger partial charge in [0.25, 0.3) is 5.91 Å². The number of likely N-dealkylation sites (N-methyl/N-ethyl adjacent to an activating group) is 1. The van der Waals surface area contributed by atoms with Crippen molar-refractivity contribution in [3.63, 3.8) is 0 Å². The summed E-state index contributed by atoms with van der Waals surface area (Å²) in [4.78, 5) is 11.7. The lowest BCUT2D eigenvalue weighted by Crippen LogP contribution is -2.34. The molecule has 5 nitrogen and oxygen atoms in total. The molecule has 0 bridgehead atoms. The maximum Gasteiger partial charge on any atom is 0.260 e. The van der Waals surface area contributed by atoms with Crippen molar-refractivity contribution in [2.24, 2.45) is 0 Å². The van der Waals surface area contributed by atoms with Crippen molar-refractivity contribution in [3.8, 4) is 11.5 Å². The van der Waals surface area contributed by atoms with Crippen LogP contribution in [0.25, 0.3) is 0 Å². The fourth-order valence-electron chi connectivity index (χ4n) is 1.85. The van der Waals surface area contributed by atoms with E-state index >= 15 is 0 Å². The first-order valence-electron chi connectivity index (χ1n) is 7.35. The van der Waals surface area contributed by atoms with Gasteiger partial charge in [-0.15, -0.1) is 0 Å². The Morgan fingerprint density at radius 3 is 2.57 bits per heavy atom. The van der Waals surface area contributed by atoms with Crippen LogP contribution in [0.5, 0.6) is 11.5 Å². The lowest BCUT2D eigenvalue weighted by atomic mass is 10.1. The second-order valence-electron chi connectivity index (χ2n) is 5.09. The Hall–Kier alpha value is -1.75. The quantitative estimate of drug-likeness (QED) is 0.771. The molecule has 0 aromatic heterocycles. The molecule has 1 aromatic rings. The number of ether oxygens (including phenoxy) is 2. The lowest BCUT2D eigenvalue weighted by Gasteiger charge is -2.20. The molecular formula is C16H26N2O3. The van der Waals surface area contributed by atoms with E-state index in [4.69, 9.17) is 9.47 Å². The normalized spacial score (nSPS) is 12.1. The summed E-state index contributed by atoms with van der Waals surface area (Å²) >= 11 is 0. The Balaban J connectivity index is 3.01. The zero-order chi connectivity index (χ0) is 15.8. The molecule has 0 fully saturated rings. The van der Waals surface area contributed by atoms with Crippen molar-refractivity contribution in [2.75, 3.05) is 13.7 Å². The third kappa shape index (κ3) is 5.27. The van der Waals surface area contributed by atoms with Gasteiger partial charge in [0.1, 0.15) is 0 Å². The monoisotopic (exact) mass is 294 g/mol. The molecule has 0 spiro atoms. The molecule has 0 saturated carbocycles. The second kappa shape index (κ2) is 8.52. The van der Waals surface area contributed by atoms with Crippen LogP contribution >= 0.6 is 0 Å². The maximum atomic E-state index is 11.7. The molecule has 0 saturated heterocycles. The number of amides is 1. The number of carbonyl (C=O) groups excluding carboxylic acids is 1. The topological polar surface area (TPSA) is 59.6 Å². The summed E-state index contributed by atoms with van der Waals surface area (Å²) in [6, 6.07) is 6.13. The van der Waals surface area contributed by atoms with E-state index in [-0.39, 0.29) is 5.91 Å². The Bertz CT molecular complexity index is 461. The van der Waals surface area contributed by atoms with E-state index in [0.29, 0.717) is 30.7 Å². The predicted octanol–water partition coefficient (Wildman–Crippen LogP) is 2.10. The zero-order valence-corrected chi connectivity index (χ0v) is 13.5. The number of para-hydroxylation sites is 1. The first kappa shape index (κ1) is 17.3. The van der Waals surface area contributed by atoms with Crippen LogP contribution in [-0.4, -0.2) is 31.7 Å². The minimum atomic E-state index is -0.575. The zero-order valence-electron chi connectivity index (χ0n) is 13.5. The Morgan fingerprint density at radius 2 is 2.00 bits per heavy atom. The van der Waals surface area contributed by atoms with Crippen LogP contribution in [0.15, 0.2) is 18.2 Å². The fraction of sp³-hybridized carbons (Fsp3) is 0.562. The van der Waals surface area contributed by atoms with E-state index in [1.807, 2.05) is 25.1 Å². The molecule has 0 radical (unpaired) electrons. The molecule has 1 amide bonds. The summed E-state index contributed by atoms with van der Waals surface area (Å²) in [5.74, 6) is 1.13. The highest BCUT2D eigenvalue weighted by atomic mass is 16.5. The van der Waals surface area contributed by atoms with Gasteiger partial charge in [0.05, 0.1) is 6.61 Å². The van der Waals surface area contributed by atoms with Gasteiger partial charge in [-0.25, -0.2) is 0 Å². The van der Waals surface area contributed by atoms with Crippen molar-refractivity contribution in [3.05, 3.63) is 23.8 Å². The van der Waals surface area contributed by atoms with Gasteiger partial charge >= 0.3 is 0 Å². The third-order valence-corrected chi connectivity index (χ3v) is 2.97. The molecule has 21 heavy (non-hydrogen) atoms. The van der Waals surface area contributed by atoms with Gasteiger partial charge in [-0.3, -0.25) is 4.79 Å². The van der Waals surface area contributed by atoms with Crippen LogP contribution in [0.3, 0.4) is 0 Å². The number of nitrogens with one attached hydrogen (secondary N) is 2. The van der Waals surface area contributed by atoms with E-state index in [2.05, 4.69) is 24.5 Å². The SMILES string of the molecule is CCOc1cccc(CNC(C)C)c1OC(C)C(=O)NC. The van der Waals surface area contributed by atoms with Crippen molar-refractivity contribution in [1.82, 2.24) is 10.6 Å². The van der Waals surface area contributed by atoms with Gasteiger partial charge in [0, 0.05) is 25.2 Å². The van der Waals surface area contributed by atoms with Crippen molar-refractivity contribution in [2.45, 2.75) is 46.4 Å². The third-order valence-electron chi connectivity index (χ3n) is 2.97. The van der Waals surface area contributed by atoms with Crippen LogP contribution < -0.4 is 20.1 Å². The molecular weight excluding hydrogens is 268 g/mol. The lowest BCUT2D eigenvalue weighted by molar-refractivity contribution is -0.126. The predicted molar refractivity (Wildman–Crippen MR) is 83.7 cm³/mol. The molecule has 5 heteroatoms. The van der Waals surface area contributed by atoms with Gasteiger partial charge in [-0.05, 0) is 19.9 Å². The molecule has 0 heterocycles. The van der Waals surface area contributed by atoms with Crippen molar-refractivity contribution in [1.29, 1.82) is 0 Å². The summed E-state index contributed by atoms with van der Waals surface area (Å²) < 4.78 is 11.5. The van der Waals surface area contributed by atoms with Gasteiger partial charge < -0.3 is 20.1 Å². The minimum absolute atomic E-state index is 0.163. The highest BCUT2D eigenvalue weighted by Gasteiger charge is 2.18. The van der Waals surface area contributed by atoms with E-state index in [9.17, 15) is 4.79 Å². The van der Waals surface area contributed by atoms with Gasteiger partial charge in [-0.1, -0.05) is 26.0 Å². The molecule has 0 aliphatic rings. The van der Waals surface area contributed by atoms with Crippen molar-refractivity contribution < 1.29 is 14.3 Å². The maximum absolute atomic E-state index is 11.7. The second-order valence-corrected chi connectivity index (χ2v) is 5.09. The smallest absolute Gasteiger partial charge is 0.260 e. The Labute approximate surface area is 127 Å².